The molecule has 1 N–H and O–H groups in total. The number of rotatable bonds is 9. The summed E-state index contributed by atoms with van der Waals surface area (Å²) in [5.41, 5.74) is 0.436. The first-order chi connectivity index (χ1) is 8.02. The van der Waals surface area contributed by atoms with Crippen molar-refractivity contribution in [3.05, 3.63) is 37.5 Å². The van der Waals surface area contributed by atoms with Crippen LogP contribution in [0.15, 0.2) is 37.5 Å². The highest BCUT2D eigenvalue weighted by molar-refractivity contribution is 5.92. The van der Waals surface area contributed by atoms with Gasteiger partial charge in [0, 0.05) is 18.7 Å². The summed E-state index contributed by atoms with van der Waals surface area (Å²) in [5, 5.41) is 9.69. The molecule has 0 radical (unpaired) electrons. The van der Waals surface area contributed by atoms with E-state index in [4.69, 9.17) is 4.74 Å². The fraction of sp³-hybridized carbons (Fsp3) is 0.462. The predicted octanol–water partition coefficient (Wildman–Crippen LogP) is 1.14. The largest absolute Gasteiger partial charge is 0.389 e. The zero-order valence-electron chi connectivity index (χ0n) is 10.4. The minimum Gasteiger partial charge on any atom is -0.389 e. The van der Waals surface area contributed by atoms with Crippen LogP contribution in [0.25, 0.3) is 0 Å². The summed E-state index contributed by atoms with van der Waals surface area (Å²) in [6, 6.07) is 0. The Morgan fingerprint density at radius 2 is 2.12 bits per heavy atom. The molecule has 0 aliphatic carbocycles. The zero-order chi connectivity index (χ0) is 13.3. The van der Waals surface area contributed by atoms with Gasteiger partial charge in [0.1, 0.15) is 0 Å². The smallest absolute Gasteiger partial charge is 0.249 e. The number of carbonyl (C=O) groups is 1. The molecule has 0 spiro atoms. The van der Waals surface area contributed by atoms with Crippen molar-refractivity contribution in [2.45, 2.75) is 13.0 Å². The Morgan fingerprint density at radius 1 is 1.47 bits per heavy atom. The van der Waals surface area contributed by atoms with E-state index in [1.54, 1.807) is 19.1 Å². The number of amides is 1. The monoisotopic (exact) mass is 239 g/mol. The van der Waals surface area contributed by atoms with Crippen LogP contribution in [0.5, 0.6) is 0 Å². The van der Waals surface area contributed by atoms with Crippen molar-refractivity contribution in [1.29, 1.82) is 0 Å². The van der Waals surface area contributed by atoms with Crippen molar-refractivity contribution >= 4 is 5.91 Å². The normalized spacial score (nSPS) is 11.6. The molecule has 0 aliphatic rings. The van der Waals surface area contributed by atoms with Crippen LogP contribution < -0.4 is 0 Å². The number of carbonyl (C=O) groups excluding carboxylic acids is 1. The number of hydrogen-bond donors (Lipinski definition) is 1. The Bertz CT molecular complexity index is 286. The maximum atomic E-state index is 11.7. The summed E-state index contributed by atoms with van der Waals surface area (Å²) in [4.78, 5) is 13.2. The first kappa shape index (κ1) is 15.6. The Labute approximate surface area is 103 Å². The molecule has 1 unspecified atom stereocenters. The Hall–Kier alpha value is -1.39. The van der Waals surface area contributed by atoms with Crippen LogP contribution in [0.1, 0.15) is 6.92 Å². The fourth-order valence-electron chi connectivity index (χ4n) is 1.26. The summed E-state index contributed by atoms with van der Waals surface area (Å²) in [6.45, 7) is 13.4. The zero-order valence-corrected chi connectivity index (χ0v) is 10.4. The molecule has 0 rings (SSSR count). The Balaban J connectivity index is 4.23. The maximum absolute atomic E-state index is 11.7. The molecule has 0 saturated carbocycles. The van der Waals surface area contributed by atoms with E-state index < -0.39 is 6.10 Å². The van der Waals surface area contributed by atoms with Crippen molar-refractivity contribution in [3.63, 3.8) is 0 Å². The third kappa shape index (κ3) is 6.71. The van der Waals surface area contributed by atoms with Gasteiger partial charge in [0.15, 0.2) is 0 Å². The van der Waals surface area contributed by atoms with E-state index in [2.05, 4.69) is 19.7 Å². The summed E-state index contributed by atoms with van der Waals surface area (Å²) in [5.74, 6) is -0.187. The van der Waals surface area contributed by atoms with Crippen LogP contribution in [0.2, 0.25) is 0 Å². The van der Waals surface area contributed by atoms with Crippen molar-refractivity contribution < 1.29 is 14.6 Å². The SMILES string of the molecule is C=CCOCC(O)CN(CC=C)C(=O)C(=C)C. The van der Waals surface area contributed by atoms with E-state index in [1.165, 1.54) is 4.90 Å². The van der Waals surface area contributed by atoms with E-state index >= 15 is 0 Å². The summed E-state index contributed by atoms with van der Waals surface area (Å²) >= 11 is 0. The second-order valence-corrected chi connectivity index (χ2v) is 3.76. The Kier molecular flexibility index (Phi) is 8.01. The van der Waals surface area contributed by atoms with Crippen molar-refractivity contribution in [3.8, 4) is 0 Å². The molecular formula is C13H21NO3. The van der Waals surface area contributed by atoms with Gasteiger partial charge in [-0.15, -0.1) is 13.2 Å². The maximum Gasteiger partial charge on any atom is 0.249 e. The standard InChI is InChI=1S/C13H21NO3/c1-5-7-14(13(16)11(3)4)9-12(15)10-17-8-6-2/h5-6,12,15H,1-3,7-10H2,4H3. The molecule has 1 amide bonds. The average molecular weight is 239 g/mol. The van der Waals surface area contributed by atoms with Crippen LogP contribution in [-0.2, 0) is 9.53 Å². The van der Waals surface area contributed by atoms with Crippen molar-refractivity contribution in [2.24, 2.45) is 0 Å². The molecule has 96 valence electrons. The summed E-state index contributed by atoms with van der Waals surface area (Å²) in [7, 11) is 0. The number of aliphatic hydroxyl groups excluding tert-OH is 1. The molecule has 0 aromatic rings. The molecule has 4 nitrogen and oxygen atoms in total. The topological polar surface area (TPSA) is 49.8 Å². The minimum absolute atomic E-state index is 0.170. The second-order valence-electron chi connectivity index (χ2n) is 3.76. The summed E-state index contributed by atoms with van der Waals surface area (Å²) < 4.78 is 5.11. The molecule has 0 aromatic carbocycles. The summed E-state index contributed by atoms with van der Waals surface area (Å²) in [6.07, 6.45) is 2.49. The van der Waals surface area contributed by atoms with Gasteiger partial charge in [-0.2, -0.15) is 0 Å². The van der Waals surface area contributed by atoms with Crippen LogP contribution >= 0.6 is 0 Å². The average Bonchev–Trinajstić information content (AvgIpc) is 2.27. The lowest BCUT2D eigenvalue weighted by Crippen LogP contribution is -2.39. The van der Waals surface area contributed by atoms with E-state index in [1.807, 2.05) is 0 Å². The van der Waals surface area contributed by atoms with Crippen LogP contribution in [0, 0.1) is 0 Å². The molecule has 0 saturated heterocycles. The minimum atomic E-state index is -0.724. The number of aliphatic hydroxyl groups is 1. The molecule has 0 heterocycles. The van der Waals surface area contributed by atoms with Gasteiger partial charge < -0.3 is 14.7 Å². The molecule has 0 fully saturated rings. The van der Waals surface area contributed by atoms with Crippen molar-refractivity contribution in [1.82, 2.24) is 4.90 Å². The number of ether oxygens (including phenoxy) is 1. The molecule has 0 bridgehead atoms. The highest BCUT2D eigenvalue weighted by atomic mass is 16.5. The molecule has 4 heteroatoms. The quantitative estimate of drug-likeness (QED) is 0.373. The third-order valence-corrected chi connectivity index (χ3v) is 1.98. The van der Waals surface area contributed by atoms with Crippen molar-refractivity contribution in [2.75, 3.05) is 26.3 Å². The first-order valence-corrected chi connectivity index (χ1v) is 5.45. The third-order valence-electron chi connectivity index (χ3n) is 1.98. The van der Waals surface area contributed by atoms with Gasteiger partial charge in [-0.1, -0.05) is 18.7 Å². The molecule has 17 heavy (non-hydrogen) atoms. The van der Waals surface area contributed by atoms with Crippen LogP contribution in [0.4, 0.5) is 0 Å². The van der Waals surface area contributed by atoms with E-state index in [9.17, 15) is 9.90 Å². The molecule has 0 aromatic heterocycles. The molecule has 0 aliphatic heterocycles. The van der Waals surface area contributed by atoms with Gasteiger partial charge in [-0.05, 0) is 6.92 Å². The fourth-order valence-corrected chi connectivity index (χ4v) is 1.26. The van der Waals surface area contributed by atoms with E-state index in [-0.39, 0.29) is 19.1 Å². The van der Waals surface area contributed by atoms with Crippen LogP contribution in [-0.4, -0.2) is 48.3 Å². The van der Waals surface area contributed by atoms with Gasteiger partial charge >= 0.3 is 0 Å². The lowest BCUT2D eigenvalue weighted by Gasteiger charge is -2.24. The predicted molar refractivity (Wildman–Crippen MR) is 68.6 cm³/mol. The molecular weight excluding hydrogens is 218 g/mol. The van der Waals surface area contributed by atoms with Gasteiger partial charge in [-0.3, -0.25) is 4.79 Å². The van der Waals surface area contributed by atoms with E-state index in [0.717, 1.165) is 0 Å². The van der Waals surface area contributed by atoms with E-state index in [0.29, 0.717) is 18.7 Å². The first-order valence-electron chi connectivity index (χ1n) is 5.45. The molecule has 1 atom stereocenters. The lowest BCUT2D eigenvalue weighted by atomic mass is 10.2. The second kappa shape index (κ2) is 8.73. The Morgan fingerprint density at radius 3 is 2.59 bits per heavy atom. The van der Waals surface area contributed by atoms with Gasteiger partial charge in [0.05, 0.1) is 19.3 Å². The highest BCUT2D eigenvalue weighted by Crippen LogP contribution is 2.01. The van der Waals surface area contributed by atoms with Crippen LogP contribution in [0.3, 0.4) is 0 Å². The van der Waals surface area contributed by atoms with Gasteiger partial charge in [0.2, 0.25) is 5.91 Å². The van der Waals surface area contributed by atoms with Gasteiger partial charge in [0.25, 0.3) is 0 Å². The van der Waals surface area contributed by atoms with Gasteiger partial charge in [-0.25, -0.2) is 0 Å². The highest BCUT2D eigenvalue weighted by Gasteiger charge is 2.16. The number of hydrogen-bond acceptors (Lipinski definition) is 3. The number of nitrogens with zero attached hydrogens (tertiary/aromatic N) is 1. The lowest BCUT2D eigenvalue weighted by molar-refractivity contribution is -0.128.